The van der Waals surface area contributed by atoms with Gasteiger partial charge in [-0.15, -0.1) is 0 Å². The molecule has 1 aliphatic heterocycles. The molecule has 2 aromatic carbocycles. The number of rotatable bonds is 6. The summed E-state index contributed by atoms with van der Waals surface area (Å²) in [6.07, 6.45) is 1.79. The number of nitrogens with zero attached hydrogens (tertiary/aromatic N) is 1. The molecule has 0 aliphatic carbocycles. The molecule has 0 spiro atoms. The van der Waals surface area contributed by atoms with Crippen LogP contribution in [0.15, 0.2) is 59.7 Å². The lowest BCUT2D eigenvalue weighted by Crippen LogP contribution is -3.11. The standard InChI is InChI=1S/C20H23FN4O/c21-17-6-8-18(9-7-17)22-14-20(26)24-23-19-10-12-25(13-11-19)15-16-4-2-1-3-5-16/h1-9,22H,10-15H2,(H,24,26)/p+1. The monoisotopic (exact) mass is 355 g/mol. The summed E-state index contributed by atoms with van der Waals surface area (Å²) in [4.78, 5) is 13.4. The largest absolute Gasteiger partial charge is 0.376 e. The Morgan fingerprint density at radius 3 is 2.42 bits per heavy atom. The molecule has 1 saturated heterocycles. The molecule has 1 heterocycles. The number of amides is 1. The third kappa shape index (κ3) is 5.67. The van der Waals surface area contributed by atoms with E-state index >= 15 is 0 Å². The Kier molecular flexibility index (Phi) is 6.33. The predicted octanol–water partition coefficient (Wildman–Crippen LogP) is 1.59. The van der Waals surface area contributed by atoms with Crippen molar-refractivity contribution in [2.45, 2.75) is 19.4 Å². The van der Waals surface area contributed by atoms with Gasteiger partial charge in [0.2, 0.25) is 0 Å². The highest BCUT2D eigenvalue weighted by Crippen LogP contribution is 2.07. The van der Waals surface area contributed by atoms with Crippen LogP contribution in [0.1, 0.15) is 18.4 Å². The van der Waals surface area contributed by atoms with Gasteiger partial charge in [0.05, 0.1) is 19.6 Å². The highest BCUT2D eigenvalue weighted by atomic mass is 19.1. The normalized spacial score (nSPS) is 16.8. The van der Waals surface area contributed by atoms with E-state index in [4.69, 9.17) is 0 Å². The second kappa shape index (κ2) is 9.10. The number of benzene rings is 2. The first-order valence-electron chi connectivity index (χ1n) is 8.90. The van der Waals surface area contributed by atoms with Gasteiger partial charge >= 0.3 is 0 Å². The minimum atomic E-state index is -0.299. The van der Waals surface area contributed by atoms with Crippen LogP contribution in [-0.2, 0) is 11.3 Å². The van der Waals surface area contributed by atoms with Crippen LogP contribution in [0, 0.1) is 5.82 Å². The lowest BCUT2D eigenvalue weighted by atomic mass is 10.1. The zero-order valence-corrected chi connectivity index (χ0v) is 14.7. The van der Waals surface area contributed by atoms with Crippen molar-refractivity contribution < 1.29 is 14.1 Å². The number of halogens is 1. The van der Waals surface area contributed by atoms with Gasteiger partial charge in [-0.3, -0.25) is 4.79 Å². The minimum Gasteiger partial charge on any atom is -0.376 e. The third-order valence-electron chi connectivity index (χ3n) is 4.47. The number of hydrogen-bond donors (Lipinski definition) is 3. The fourth-order valence-corrected chi connectivity index (χ4v) is 3.00. The van der Waals surface area contributed by atoms with Crippen molar-refractivity contribution in [3.8, 4) is 0 Å². The van der Waals surface area contributed by atoms with Gasteiger partial charge in [-0.05, 0) is 24.3 Å². The lowest BCUT2D eigenvalue weighted by molar-refractivity contribution is -0.914. The smallest absolute Gasteiger partial charge is 0.259 e. The van der Waals surface area contributed by atoms with Crippen molar-refractivity contribution in [1.82, 2.24) is 5.43 Å². The maximum absolute atomic E-state index is 12.8. The first-order valence-corrected chi connectivity index (χ1v) is 8.90. The van der Waals surface area contributed by atoms with Crippen molar-refractivity contribution in [2.24, 2.45) is 5.10 Å². The maximum Gasteiger partial charge on any atom is 0.259 e. The van der Waals surface area contributed by atoms with E-state index in [1.165, 1.54) is 17.7 Å². The molecule has 1 fully saturated rings. The van der Waals surface area contributed by atoms with Crippen LogP contribution in [0.3, 0.4) is 0 Å². The molecule has 0 bridgehead atoms. The first kappa shape index (κ1) is 18.1. The van der Waals surface area contributed by atoms with E-state index in [1.54, 1.807) is 17.0 Å². The van der Waals surface area contributed by atoms with E-state index in [9.17, 15) is 9.18 Å². The number of hydrogen-bond acceptors (Lipinski definition) is 3. The average molecular weight is 355 g/mol. The van der Waals surface area contributed by atoms with Gasteiger partial charge in [0.1, 0.15) is 12.4 Å². The predicted molar refractivity (Wildman–Crippen MR) is 101 cm³/mol. The van der Waals surface area contributed by atoms with E-state index < -0.39 is 0 Å². The Balaban J connectivity index is 1.38. The van der Waals surface area contributed by atoms with Gasteiger partial charge in [-0.2, -0.15) is 5.10 Å². The van der Waals surface area contributed by atoms with Crippen molar-refractivity contribution in [1.29, 1.82) is 0 Å². The van der Waals surface area contributed by atoms with Crippen LogP contribution in [0.25, 0.3) is 0 Å². The van der Waals surface area contributed by atoms with E-state index in [-0.39, 0.29) is 18.3 Å². The molecule has 6 heteroatoms. The number of quaternary nitrogens is 1. The van der Waals surface area contributed by atoms with Gasteiger partial charge in [0.15, 0.2) is 0 Å². The van der Waals surface area contributed by atoms with Crippen LogP contribution in [-0.4, -0.2) is 31.3 Å². The molecule has 0 radical (unpaired) electrons. The molecular formula is C20H24FN4O+. The van der Waals surface area contributed by atoms with Crippen molar-refractivity contribution in [3.63, 3.8) is 0 Å². The number of likely N-dealkylation sites (tertiary alicyclic amines) is 1. The van der Waals surface area contributed by atoms with Crippen molar-refractivity contribution in [3.05, 3.63) is 66.0 Å². The molecule has 0 aromatic heterocycles. The molecule has 3 rings (SSSR count). The van der Waals surface area contributed by atoms with E-state index in [0.29, 0.717) is 5.69 Å². The Morgan fingerprint density at radius 1 is 1.04 bits per heavy atom. The number of piperidine rings is 1. The Hall–Kier alpha value is -2.73. The molecule has 136 valence electrons. The van der Waals surface area contributed by atoms with Crippen molar-refractivity contribution >= 4 is 17.3 Å². The second-order valence-corrected chi connectivity index (χ2v) is 6.49. The average Bonchev–Trinajstić information content (AvgIpc) is 2.68. The number of nitrogens with one attached hydrogen (secondary N) is 3. The SMILES string of the molecule is O=C(CNc1ccc(F)cc1)NN=C1CC[NH+](Cc2ccccc2)CC1. The summed E-state index contributed by atoms with van der Waals surface area (Å²) in [7, 11) is 0. The molecule has 0 saturated carbocycles. The van der Waals surface area contributed by atoms with Crippen LogP contribution < -0.4 is 15.6 Å². The molecule has 0 unspecified atom stereocenters. The lowest BCUT2D eigenvalue weighted by Gasteiger charge is -2.24. The highest BCUT2D eigenvalue weighted by Gasteiger charge is 2.18. The van der Waals surface area contributed by atoms with E-state index in [2.05, 4.69) is 40.1 Å². The van der Waals surface area contributed by atoms with Gasteiger partial charge in [-0.25, -0.2) is 9.82 Å². The summed E-state index contributed by atoms with van der Waals surface area (Å²) in [5.74, 6) is -0.506. The Labute approximate surface area is 152 Å². The first-order chi connectivity index (χ1) is 12.7. The summed E-state index contributed by atoms with van der Waals surface area (Å²) in [6.45, 7) is 3.19. The van der Waals surface area contributed by atoms with Crippen molar-refractivity contribution in [2.75, 3.05) is 25.0 Å². The quantitative estimate of drug-likeness (QED) is 0.689. The van der Waals surface area contributed by atoms with Crippen LogP contribution >= 0.6 is 0 Å². The zero-order valence-electron chi connectivity index (χ0n) is 14.7. The van der Waals surface area contributed by atoms with Gasteiger partial charge in [0, 0.05) is 29.8 Å². The summed E-state index contributed by atoms with van der Waals surface area (Å²) >= 11 is 0. The minimum absolute atomic E-state index is 0.105. The zero-order chi connectivity index (χ0) is 18.2. The Morgan fingerprint density at radius 2 is 1.73 bits per heavy atom. The summed E-state index contributed by atoms with van der Waals surface area (Å²) in [5.41, 5.74) is 5.69. The number of carbonyl (C=O) groups is 1. The van der Waals surface area contributed by atoms with Gasteiger partial charge in [0.25, 0.3) is 5.91 Å². The molecule has 2 aromatic rings. The molecule has 26 heavy (non-hydrogen) atoms. The molecule has 0 atom stereocenters. The second-order valence-electron chi connectivity index (χ2n) is 6.49. The van der Waals surface area contributed by atoms with Gasteiger partial charge < -0.3 is 10.2 Å². The topological polar surface area (TPSA) is 57.9 Å². The van der Waals surface area contributed by atoms with Gasteiger partial charge in [-0.1, -0.05) is 30.3 Å². The van der Waals surface area contributed by atoms with E-state index in [0.717, 1.165) is 38.2 Å². The fraction of sp³-hybridized carbons (Fsp3) is 0.300. The number of anilines is 1. The molecule has 1 aliphatic rings. The molecular weight excluding hydrogens is 331 g/mol. The third-order valence-corrected chi connectivity index (χ3v) is 4.47. The Bertz CT molecular complexity index is 736. The van der Waals surface area contributed by atoms with Crippen LogP contribution in [0.5, 0.6) is 0 Å². The summed E-state index contributed by atoms with van der Waals surface area (Å²) in [5, 5.41) is 7.20. The molecule has 5 nitrogen and oxygen atoms in total. The molecule has 1 amide bonds. The van der Waals surface area contributed by atoms with E-state index in [1.807, 2.05) is 6.07 Å². The highest BCUT2D eigenvalue weighted by molar-refractivity contribution is 5.87. The van der Waals surface area contributed by atoms with Crippen LogP contribution in [0.2, 0.25) is 0 Å². The maximum atomic E-state index is 12.8. The number of hydrazone groups is 1. The fourth-order valence-electron chi connectivity index (χ4n) is 3.00. The molecule has 3 N–H and O–H groups in total. The summed E-state index contributed by atoms with van der Waals surface area (Å²) in [6, 6.07) is 16.4. The van der Waals surface area contributed by atoms with Crippen LogP contribution in [0.4, 0.5) is 10.1 Å². The number of carbonyl (C=O) groups excluding carboxylic acids is 1. The summed E-state index contributed by atoms with van der Waals surface area (Å²) < 4.78 is 12.8.